The number of hydrogen-bond acceptors (Lipinski definition) is 6. The summed E-state index contributed by atoms with van der Waals surface area (Å²) in [5.41, 5.74) is 1.04. The van der Waals surface area contributed by atoms with Gasteiger partial charge in [-0.3, -0.25) is 4.98 Å². The third-order valence-corrected chi connectivity index (χ3v) is 4.70. The van der Waals surface area contributed by atoms with Crippen LogP contribution in [0.4, 0.5) is 5.95 Å². The molecule has 1 saturated heterocycles. The summed E-state index contributed by atoms with van der Waals surface area (Å²) in [6.07, 6.45) is 9.67. The molecule has 1 aliphatic rings. The summed E-state index contributed by atoms with van der Waals surface area (Å²) in [7, 11) is 1.62. The quantitative estimate of drug-likeness (QED) is 0.704. The Hall–Kier alpha value is -2.96. The Morgan fingerprint density at radius 2 is 2.08 bits per heavy atom. The molecular formula is C19H22N6O. The minimum Gasteiger partial charge on any atom is -0.481 e. The average molecular weight is 350 g/mol. The summed E-state index contributed by atoms with van der Waals surface area (Å²) >= 11 is 0. The van der Waals surface area contributed by atoms with Crippen LogP contribution in [0, 0.1) is 0 Å². The first-order valence-corrected chi connectivity index (χ1v) is 8.86. The number of anilines is 1. The molecule has 3 aromatic heterocycles. The van der Waals surface area contributed by atoms with Gasteiger partial charge in [0.25, 0.3) is 0 Å². The molecule has 4 heterocycles. The van der Waals surface area contributed by atoms with Crippen LogP contribution in [-0.2, 0) is 6.54 Å². The van der Waals surface area contributed by atoms with Crippen molar-refractivity contribution in [2.45, 2.75) is 25.3 Å². The number of nitrogens with zero attached hydrogens (tertiary/aromatic N) is 6. The van der Waals surface area contributed by atoms with E-state index in [2.05, 4.69) is 29.4 Å². The maximum absolute atomic E-state index is 5.23. The predicted octanol–water partition coefficient (Wildman–Crippen LogP) is 2.51. The Labute approximate surface area is 152 Å². The van der Waals surface area contributed by atoms with E-state index in [9.17, 15) is 0 Å². The second-order valence-electron chi connectivity index (χ2n) is 6.42. The van der Waals surface area contributed by atoms with E-state index in [1.165, 1.54) is 0 Å². The Balaban J connectivity index is 1.52. The van der Waals surface area contributed by atoms with Gasteiger partial charge in [-0.15, -0.1) is 0 Å². The number of hydrogen-bond donors (Lipinski definition) is 0. The number of pyridine rings is 1. The molecule has 7 heteroatoms. The number of imidazole rings is 1. The molecule has 4 rings (SSSR count). The summed E-state index contributed by atoms with van der Waals surface area (Å²) in [6, 6.07) is 7.76. The van der Waals surface area contributed by atoms with E-state index in [1.807, 2.05) is 36.8 Å². The zero-order valence-electron chi connectivity index (χ0n) is 14.8. The van der Waals surface area contributed by atoms with E-state index in [-0.39, 0.29) is 0 Å². The van der Waals surface area contributed by atoms with E-state index in [0.29, 0.717) is 11.8 Å². The van der Waals surface area contributed by atoms with Crippen molar-refractivity contribution in [3.63, 3.8) is 0 Å². The fourth-order valence-corrected chi connectivity index (χ4v) is 3.45. The minimum absolute atomic E-state index is 0.345. The molecule has 0 bridgehead atoms. The normalized spacial score (nSPS) is 17.3. The summed E-state index contributed by atoms with van der Waals surface area (Å²) in [5.74, 6) is 2.76. The van der Waals surface area contributed by atoms with Crippen LogP contribution in [0.1, 0.15) is 30.3 Å². The maximum Gasteiger partial charge on any atom is 0.228 e. The van der Waals surface area contributed by atoms with Crippen LogP contribution in [0.15, 0.2) is 49.1 Å². The molecule has 1 fully saturated rings. The van der Waals surface area contributed by atoms with Crippen molar-refractivity contribution in [3.8, 4) is 5.88 Å². The van der Waals surface area contributed by atoms with Crippen LogP contribution in [0.2, 0.25) is 0 Å². The first-order chi connectivity index (χ1) is 12.8. The summed E-state index contributed by atoms with van der Waals surface area (Å²) in [4.78, 5) is 20.2. The van der Waals surface area contributed by atoms with Gasteiger partial charge in [-0.2, -0.15) is 4.98 Å². The number of methoxy groups -OCH3 is 1. The lowest BCUT2D eigenvalue weighted by Crippen LogP contribution is -2.36. The van der Waals surface area contributed by atoms with Crippen LogP contribution < -0.4 is 9.64 Å². The summed E-state index contributed by atoms with van der Waals surface area (Å²) < 4.78 is 7.43. The SMILES string of the molecule is COc1ccnc(N2CCC[C@H](c3nccn3Cc3ccccn3)C2)n1. The van der Waals surface area contributed by atoms with Crippen LogP contribution in [-0.4, -0.2) is 44.7 Å². The molecule has 0 amide bonds. The molecule has 1 aliphatic heterocycles. The van der Waals surface area contributed by atoms with E-state index >= 15 is 0 Å². The highest BCUT2D eigenvalue weighted by molar-refractivity contribution is 5.34. The second kappa shape index (κ2) is 7.51. The minimum atomic E-state index is 0.345. The van der Waals surface area contributed by atoms with Crippen LogP contribution in [0.5, 0.6) is 5.88 Å². The molecule has 0 N–H and O–H groups in total. The third kappa shape index (κ3) is 3.51. The monoisotopic (exact) mass is 350 g/mol. The number of ether oxygens (including phenoxy) is 1. The standard InChI is InChI=1S/C19H22N6O/c1-26-17-7-9-22-19(23-17)25-11-4-5-15(13-25)18-21-10-12-24(18)14-16-6-2-3-8-20-16/h2-3,6-10,12,15H,4-5,11,13-14H2,1H3/t15-/m0/s1. The van der Waals surface area contributed by atoms with E-state index in [1.54, 1.807) is 19.4 Å². The van der Waals surface area contributed by atoms with Crippen LogP contribution in [0.3, 0.4) is 0 Å². The van der Waals surface area contributed by atoms with Crippen LogP contribution in [0.25, 0.3) is 0 Å². The lowest BCUT2D eigenvalue weighted by molar-refractivity contribution is 0.395. The maximum atomic E-state index is 5.23. The molecule has 0 saturated carbocycles. The molecular weight excluding hydrogens is 328 g/mol. The smallest absolute Gasteiger partial charge is 0.228 e. The van der Waals surface area contributed by atoms with Gasteiger partial charge in [-0.25, -0.2) is 9.97 Å². The molecule has 3 aromatic rings. The average Bonchev–Trinajstić information content (AvgIpc) is 3.17. The highest BCUT2D eigenvalue weighted by Crippen LogP contribution is 2.28. The van der Waals surface area contributed by atoms with Crippen LogP contribution >= 0.6 is 0 Å². The molecule has 0 aliphatic carbocycles. The summed E-state index contributed by atoms with van der Waals surface area (Å²) in [5, 5.41) is 0. The second-order valence-corrected chi connectivity index (χ2v) is 6.42. The van der Waals surface area contributed by atoms with E-state index in [4.69, 9.17) is 4.74 Å². The van der Waals surface area contributed by atoms with Crippen molar-refractivity contribution in [3.05, 3.63) is 60.6 Å². The third-order valence-electron chi connectivity index (χ3n) is 4.70. The van der Waals surface area contributed by atoms with Crippen molar-refractivity contribution in [2.75, 3.05) is 25.1 Å². The summed E-state index contributed by atoms with van der Waals surface area (Å²) in [6.45, 7) is 2.54. The van der Waals surface area contributed by atoms with Gasteiger partial charge in [0.1, 0.15) is 5.82 Å². The van der Waals surface area contributed by atoms with Crippen molar-refractivity contribution < 1.29 is 4.74 Å². The fraction of sp³-hybridized carbons (Fsp3) is 0.368. The zero-order chi connectivity index (χ0) is 17.8. The molecule has 7 nitrogen and oxygen atoms in total. The molecule has 0 unspecified atom stereocenters. The first kappa shape index (κ1) is 16.5. The van der Waals surface area contributed by atoms with Gasteiger partial charge in [-0.1, -0.05) is 6.07 Å². The molecule has 0 radical (unpaired) electrons. The molecule has 1 atom stereocenters. The highest BCUT2D eigenvalue weighted by atomic mass is 16.5. The molecule has 26 heavy (non-hydrogen) atoms. The zero-order valence-corrected chi connectivity index (χ0v) is 14.8. The van der Waals surface area contributed by atoms with Gasteiger partial charge >= 0.3 is 0 Å². The Kier molecular flexibility index (Phi) is 4.77. The van der Waals surface area contributed by atoms with Crippen molar-refractivity contribution >= 4 is 5.95 Å². The first-order valence-electron chi connectivity index (χ1n) is 8.86. The van der Waals surface area contributed by atoms with Gasteiger partial charge in [0, 0.05) is 49.9 Å². The number of rotatable bonds is 5. The van der Waals surface area contributed by atoms with Crippen molar-refractivity contribution in [1.29, 1.82) is 0 Å². The van der Waals surface area contributed by atoms with Gasteiger partial charge < -0.3 is 14.2 Å². The van der Waals surface area contributed by atoms with Gasteiger partial charge in [0.2, 0.25) is 11.8 Å². The molecule has 134 valence electrons. The lowest BCUT2D eigenvalue weighted by atomic mass is 9.97. The van der Waals surface area contributed by atoms with E-state index in [0.717, 1.165) is 49.9 Å². The largest absolute Gasteiger partial charge is 0.481 e. The Bertz CT molecular complexity index is 850. The molecule has 0 aromatic carbocycles. The van der Waals surface area contributed by atoms with Gasteiger partial charge in [-0.05, 0) is 25.0 Å². The van der Waals surface area contributed by atoms with Crippen molar-refractivity contribution in [2.24, 2.45) is 0 Å². The fourth-order valence-electron chi connectivity index (χ4n) is 3.45. The Morgan fingerprint density at radius 1 is 1.12 bits per heavy atom. The predicted molar refractivity (Wildman–Crippen MR) is 98.3 cm³/mol. The number of piperidine rings is 1. The highest BCUT2D eigenvalue weighted by Gasteiger charge is 2.26. The molecule has 0 spiro atoms. The lowest BCUT2D eigenvalue weighted by Gasteiger charge is -2.32. The van der Waals surface area contributed by atoms with E-state index < -0.39 is 0 Å². The topological polar surface area (TPSA) is 69.0 Å². The number of aromatic nitrogens is 5. The van der Waals surface area contributed by atoms with Gasteiger partial charge in [0.05, 0.1) is 19.3 Å². The van der Waals surface area contributed by atoms with Gasteiger partial charge in [0.15, 0.2) is 0 Å². The van der Waals surface area contributed by atoms with Crippen molar-refractivity contribution in [1.82, 2.24) is 24.5 Å². The Morgan fingerprint density at radius 3 is 2.92 bits per heavy atom.